The van der Waals surface area contributed by atoms with Crippen LogP contribution in [0.5, 0.6) is 0 Å². The first kappa shape index (κ1) is 14.7. The molecule has 1 rings (SSSR count). The maximum Gasteiger partial charge on any atom is 0.306 e. The lowest BCUT2D eigenvalue weighted by Crippen LogP contribution is -2.17. The van der Waals surface area contributed by atoms with Crippen LogP contribution >= 0.6 is 0 Å². The van der Waals surface area contributed by atoms with E-state index in [2.05, 4.69) is 11.6 Å². The van der Waals surface area contributed by atoms with Gasteiger partial charge in [0.05, 0.1) is 0 Å². The van der Waals surface area contributed by atoms with Crippen molar-refractivity contribution in [3.05, 3.63) is 45.4 Å². The van der Waals surface area contributed by atoms with Gasteiger partial charge in [-0.15, -0.1) is 0 Å². The second-order valence-corrected chi connectivity index (χ2v) is 4.14. The predicted octanol–water partition coefficient (Wildman–Crippen LogP) is 1.53. The second-order valence-electron chi connectivity index (χ2n) is 4.14. The van der Waals surface area contributed by atoms with E-state index in [1.54, 1.807) is 13.8 Å². The number of nitrogens with one attached hydrogen (secondary N) is 1. The first-order valence-corrected chi connectivity index (χ1v) is 5.90. The van der Waals surface area contributed by atoms with E-state index < -0.39 is 5.56 Å². The Bertz CT molecular complexity index is 594. The fourth-order valence-corrected chi connectivity index (χ4v) is 1.87. The van der Waals surface area contributed by atoms with Crippen LogP contribution in [0, 0.1) is 25.2 Å². The summed E-state index contributed by atoms with van der Waals surface area (Å²) in [6.07, 6.45) is 2.13. The third kappa shape index (κ3) is 3.55. The van der Waals surface area contributed by atoms with Crippen molar-refractivity contribution >= 4 is 5.97 Å². The van der Waals surface area contributed by atoms with E-state index in [-0.39, 0.29) is 24.6 Å². The van der Waals surface area contributed by atoms with Gasteiger partial charge in [-0.2, -0.15) is 5.26 Å². The molecule has 0 aromatic carbocycles. The minimum atomic E-state index is -0.393. The van der Waals surface area contributed by atoms with Gasteiger partial charge in [0.2, 0.25) is 0 Å². The van der Waals surface area contributed by atoms with E-state index in [0.29, 0.717) is 17.7 Å². The number of aromatic nitrogens is 1. The number of aromatic amines is 1. The number of hydrogen-bond donors (Lipinski definition) is 1. The van der Waals surface area contributed by atoms with E-state index in [1.807, 2.05) is 6.07 Å². The molecule has 0 unspecified atom stereocenters. The minimum absolute atomic E-state index is 0.0973. The standard InChI is InChI=1S/C14H16N2O3/c1-4-7-19-13(17)6-5-11-9(2)12(8-15)14(18)16-10(11)3/h4H,1,5-7H2,2-3H3,(H,16,18). The summed E-state index contributed by atoms with van der Waals surface area (Å²) in [5.74, 6) is -0.330. The van der Waals surface area contributed by atoms with Gasteiger partial charge in [0.15, 0.2) is 0 Å². The Morgan fingerprint density at radius 3 is 2.79 bits per heavy atom. The van der Waals surface area contributed by atoms with Crippen LogP contribution in [0.15, 0.2) is 17.4 Å². The normalized spacial score (nSPS) is 9.74. The molecular formula is C14H16N2O3. The number of nitrogens with zero attached hydrogens (tertiary/aromatic N) is 1. The zero-order chi connectivity index (χ0) is 14.4. The van der Waals surface area contributed by atoms with Crippen molar-refractivity contribution in [2.24, 2.45) is 0 Å². The van der Waals surface area contributed by atoms with Crippen LogP contribution in [0.4, 0.5) is 0 Å². The highest BCUT2D eigenvalue weighted by atomic mass is 16.5. The van der Waals surface area contributed by atoms with E-state index >= 15 is 0 Å². The summed E-state index contributed by atoms with van der Waals surface area (Å²) < 4.78 is 4.88. The zero-order valence-electron chi connectivity index (χ0n) is 11.1. The van der Waals surface area contributed by atoms with Gasteiger partial charge in [0, 0.05) is 12.1 Å². The molecule has 5 nitrogen and oxygen atoms in total. The topological polar surface area (TPSA) is 83.0 Å². The van der Waals surface area contributed by atoms with Crippen LogP contribution in [0.3, 0.4) is 0 Å². The lowest BCUT2D eigenvalue weighted by atomic mass is 9.99. The van der Waals surface area contributed by atoms with E-state index in [0.717, 1.165) is 5.56 Å². The van der Waals surface area contributed by atoms with Crippen LogP contribution < -0.4 is 5.56 Å². The van der Waals surface area contributed by atoms with Crippen LogP contribution in [0.2, 0.25) is 0 Å². The maximum atomic E-state index is 11.5. The molecule has 0 aliphatic carbocycles. The third-order valence-electron chi connectivity index (χ3n) is 2.86. The average Bonchev–Trinajstić information content (AvgIpc) is 2.36. The molecule has 0 atom stereocenters. The number of nitriles is 1. The Labute approximate surface area is 111 Å². The fraction of sp³-hybridized carbons (Fsp3) is 0.357. The Morgan fingerprint density at radius 1 is 1.53 bits per heavy atom. The monoisotopic (exact) mass is 260 g/mol. The van der Waals surface area contributed by atoms with E-state index in [4.69, 9.17) is 10.00 Å². The van der Waals surface area contributed by atoms with Gasteiger partial charge in [0.1, 0.15) is 18.2 Å². The van der Waals surface area contributed by atoms with Gasteiger partial charge < -0.3 is 9.72 Å². The summed E-state index contributed by atoms with van der Waals surface area (Å²) in [6, 6.07) is 1.88. The smallest absolute Gasteiger partial charge is 0.306 e. The highest BCUT2D eigenvalue weighted by Crippen LogP contribution is 2.15. The fourth-order valence-electron chi connectivity index (χ4n) is 1.87. The quantitative estimate of drug-likeness (QED) is 0.642. The zero-order valence-corrected chi connectivity index (χ0v) is 11.1. The highest BCUT2D eigenvalue weighted by molar-refractivity contribution is 5.70. The van der Waals surface area contributed by atoms with Crippen molar-refractivity contribution in [1.82, 2.24) is 4.98 Å². The molecule has 0 bridgehead atoms. The number of carbonyl (C=O) groups excluding carboxylic acids is 1. The molecule has 0 aliphatic rings. The lowest BCUT2D eigenvalue weighted by molar-refractivity contribution is -0.142. The summed E-state index contributed by atoms with van der Waals surface area (Å²) in [6.45, 7) is 7.11. The van der Waals surface area contributed by atoms with Crippen molar-refractivity contribution in [2.45, 2.75) is 26.7 Å². The number of aryl methyl sites for hydroxylation is 1. The Hall–Kier alpha value is -2.35. The summed E-state index contributed by atoms with van der Waals surface area (Å²) >= 11 is 0. The molecule has 100 valence electrons. The molecule has 0 aliphatic heterocycles. The number of ether oxygens (including phenoxy) is 1. The molecule has 0 saturated carbocycles. The van der Waals surface area contributed by atoms with Crippen LogP contribution in [-0.4, -0.2) is 17.6 Å². The molecule has 0 saturated heterocycles. The SMILES string of the molecule is C=CCOC(=O)CCc1c(C)[nH]c(=O)c(C#N)c1C. The molecule has 5 heteroatoms. The summed E-state index contributed by atoms with van der Waals surface area (Å²) in [5, 5.41) is 8.94. The second kappa shape index (κ2) is 6.55. The third-order valence-corrected chi connectivity index (χ3v) is 2.86. The van der Waals surface area contributed by atoms with Crippen molar-refractivity contribution in [2.75, 3.05) is 6.61 Å². The highest BCUT2D eigenvalue weighted by Gasteiger charge is 2.13. The van der Waals surface area contributed by atoms with Gasteiger partial charge in [0.25, 0.3) is 5.56 Å². The molecule has 0 radical (unpaired) electrons. The number of esters is 1. The maximum absolute atomic E-state index is 11.5. The Kier molecular flexibility index (Phi) is 5.07. The van der Waals surface area contributed by atoms with Crippen LogP contribution in [-0.2, 0) is 16.0 Å². The molecule has 1 N–H and O–H groups in total. The molecular weight excluding hydrogens is 244 g/mol. The van der Waals surface area contributed by atoms with Crippen molar-refractivity contribution in [3.63, 3.8) is 0 Å². The first-order chi connectivity index (χ1) is 9.01. The number of pyridine rings is 1. The van der Waals surface area contributed by atoms with Crippen molar-refractivity contribution < 1.29 is 9.53 Å². The molecule has 1 aromatic heterocycles. The summed E-state index contributed by atoms with van der Waals surface area (Å²) in [5.41, 5.74) is 1.82. The molecule has 0 fully saturated rings. The lowest BCUT2D eigenvalue weighted by Gasteiger charge is -2.10. The number of carbonyl (C=O) groups is 1. The summed E-state index contributed by atoms with van der Waals surface area (Å²) in [7, 11) is 0. The van der Waals surface area contributed by atoms with Gasteiger partial charge in [-0.1, -0.05) is 12.7 Å². The number of rotatable bonds is 5. The largest absolute Gasteiger partial charge is 0.461 e. The van der Waals surface area contributed by atoms with Crippen molar-refractivity contribution in [1.29, 1.82) is 5.26 Å². The van der Waals surface area contributed by atoms with Crippen molar-refractivity contribution in [3.8, 4) is 6.07 Å². The molecule has 19 heavy (non-hydrogen) atoms. The van der Waals surface area contributed by atoms with Gasteiger partial charge in [-0.3, -0.25) is 9.59 Å². The minimum Gasteiger partial charge on any atom is -0.461 e. The molecule has 1 heterocycles. The number of H-pyrrole nitrogens is 1. The first-order valence-electron chi connectivity index (χ1n) is 5.90. The summed E-state index contributed by atoms with van der Waals surface area (Å²) in [4.78, 5) is 25.6. The molecule has 1 aromatic rings. The van der Waals surface area contributed by atoms with E-state index in [9.17, 15) is 9.59 Å². The van der Waals surface area contributed by atoms with Gasteiger partial charge in [-0.05, 0) is 31.4 Å². The Balaban J connectivity index is 2.91. The van der Waals surface area contributed by atoms with Crippen LogP contribution in [0.1, 0.15) is 28.8 Å². The Morgan fingerprint density at radius 2 is 2.21 bits per heavy atom. The molecule has 0 spiro atoms. The molecule has 0 amide bonds. The van der Waals surface area contributed by atoms with Gasteiger partial charge in [-0.25, -0.2) is 0 Å². The average molecular weight is 260 g/mol. The van der Waals surface area contributed by atoms with Crippen LogP contribution in [0.25, 0.3) is 0 Å². The predicted molar refractivity (Wildman–Crippen MR) is 70.7 cm³/mol. The van der Waals surface area contributed by atoms with E-state index in [1.165, 1.54) is 6.08 Å². The number of hydrogen-bond acceptors (Lipinski definition) is 4. The van der Waals surface area contributed by atoms with Gasteiger partial charge >= 0.3 is 5.97 Å².